The molecule has 4 heterocycles. The molecule has 0 unspecified atom stereocenters. The van der Waals surface area contributed by atoms with Gasteiger partial charge in [-0.15, -0.1) is 5.10 Å². The Kier molecular flexibility index (Phi) is 5.47. The molecule has 1 aliphatic carbocycles. The number of fused-ring (bicyclic) bond motifs is 2. The van der Waals surface area contributed by atoms with Crippen LogP contribution in [0.1, 0.15) is 55.6 Å². The lowest BCUT2D eigenvalue weighted by atomic mass is 9.95. The molecule has 3 aliphatic rings. The Morgan fingerprint density at radius 2 is 1.73 bits per heavy atom. The van der Waals surface area contributed by atoms with E-state index < -0.39 is 0 Å². The number of aromatic nitrogens is 5. The highest BCUT2D eigenvalue weighted by molar-refractivity contribution is 5.83. The predicted molar refractivity (Wildman–Crippen MR) is 120 cm³/mol. The third kappa shape index (κ3) is 3.87. The summed E-state index contributed by atoms with van der Waals surface area (Å²) in [6, 6.07) is 5.64. The van der Waals surface area contributed by atoms with Crippen LogP contribution in [0.25, 0.3) is 10.9 Å². The van der Waals surface area contributed by atoms with E-state index >= 15 is 0 Å². The maximum absolute atomic E-state index is 13.4. The Morgan fingerprint density at radius 1 is 0.970 bits per heavy atom. The Bertz CT molecular complexity index is 1200. The summed E-state index contributed by atoms with van der Waals surface area (Å²) in [4.78, 5) is 18.7. The lowest BCUT2D eigenvalue weighted by Crippen LogP contribution is -2.42. The van der Waals surface area contributed by atoms with Gasteiger partial charge < -0.3 is 19.2 Å². The maximum Gasteiger partial charge on any atom is 0.253 e. The lowest BCUT2D eigenvalue weighted by molar-refractivity contribution is 0.0209. The van der Waals surface area contributed by atoms with Gasteiger partial charge in [0.25, 0.3) is 5.56 Å². The Morgan fingerprint density at radius 3 is 2.52 bits per heavy atom. The molecular formula is C23H28N6O4. The van der Waals surface area contributed by atoms with Crippen LogP contribution in [-0.4, -0.2) is 69.6 Å². The van der Waals surface area contributed by atoms with Gasteiger partial charge in [0.1, 0.15) is 19.3 Å². The van der Waals surface area contributed by atoms with Crippen molar-refractivity contribution in [3.05, 3.63) is 39.9 Å². The van der Waals surface area contributed by atoms with Gasteiger partial charge in [-0.05, 0) is 35.4 Å². The third-order valence-electron chi connectivity index (χ3n) is 6.92. The van der Waals surface area contributed by atoms with Crippen LogP contribution in [0, 0.1) is 0 Å². The molecule has 2 fully saturated rings. The number of nitrogens with zero attached hydrogens (tertiary/aromatic N) is 5. The summed E-state index contributed by atoms with van der Waals surface area (Å²) in [6.07, 6.45) is 5.73. The first-order valence-electron chi connectivity index (χ1n) is 11.8. The zero-order valence-electron chi connectivity index (χ0n) is 18.5. The van der Waals surface area contributed by atoms with E-state index in [4.69, 9.17) is 14.2 Å². The normalized spacial score (nSPS) is 20.7. The molecule has 10 nitrogen and oxygen atoms in total. The molecule has 1 N–H and O–H groups in total. The van der Waals surface area contributed by atoms with Crippen molar-refractivity contribution in [3.8, 4) is 11.5 Å². The summed E-state index contributed by atoms with van der Waals surface area (Å²) in [7, 11) is 0. The summed E-state index contributed by atoms with van der Waals surface area (Å²) < 4.78 is 19.0. The standard InChI is InChI=1S/C23H28N6O4/c30-23-17(12-15-13-19-20(14-18(15)24-23)33-11-10-32-19)21(28-6-8-31-9-7-28)22-25-26-27-29(22)16-4-2-1-3-5-16/h12-14,16,21H,1-11H2,(H,24,30)/t21-/m0/s1. The SMILES string of the molecule is O=c1[nH]c2cc3c(cc2cc1[C@@H](c1nnnn1C1CCCCC1)N1CCOCC1)OCCO3. The van der Waals surface area contributed by atoms with E-state index in [0.29, 0.717) is 56.6 Å². The fraction of sp³-hybridized carbons (Fsp3) is 0.565. The number of H-pyrrole nitrogens is 1. The van der Waals surface area contributed by atoms with Gasteiger partial charge in [0.05, 0.1) is 24.8 Å². The van der Waals surface area contributed by atoms with Crippen LogP contribution in [0.3, 0.4) is 0 Å². The van der Waals surface area contributed by atoms with Crippen molar-refractivity contribution in [2.75, 3.05) is 39.5 Å². The molecule has 2 aliphatic heterocycles. The van der Waals surface area contributed by atoms with E-state index in [9.17, 15) is 4.79 Å². The Balaban J connectivity index is 1.47. The van der Waals surface area contributed by atoms with E-state index in [1.54, 1.807) is 0 Å². The van der Waals surface area contributed by atoms with Crippen LogP contribution >= 0.6 is 0 Å². The van der Waals surface area contributed by atoms with Gasteiger partial charge in [-0.2, -0.15) is 0 Å². The molecule has 33 heavy (non-hydrogen) atoms. The van der Waals surface area contributed by atoms with Crippen LogP contribution in [0.4, 0.5) is 0 Å². The van der Waals surface area contributed by atoms with Gasteiger partial charge in [0, 0.05) is 30.1 Å². The molecule has 0 radical (unpaired) electrons. The Hall–Kier alpha value is -2.98. The average Bonchev–Trinajstić information content (AvgIpc) is 3.34. The van der Waals surface area contributed by atoms with Crippen molar-refractivity contribution in [3.63, 3.8) is 0 Å². The number of hydrogen-bond acceptors (Lipinski definition) is 8. The second-order valence-electron chi connectivity index (χ2n) is 8.96. The van der Waals surface area contributed by atoms with Gasteiger partial charge in [-0.1, -0.05) is 19.3 Å². The van der Waals surface area contributed by atoms with Crippen LogP contribution in [0.2, 0.25) is 0 Å². The van der Waals surface area contributed by atoms with Gasteiger partial charge in [-0.25, -0.2) is 4.68 Å². The Labute approximate surface area is 190 Å². The van der Waals surface area contributed by atoms with E-state index in [1.807, 2.05) is 22.9 Å². The quantitative estimate of drug-likeness (QED) is 0.642. The molecule has 1 saturated carbocycles. The number of nitrogens with one attached hydrogen (secondary N) is 1. The lowest BCUT2D eigenvalue weighted by Gasteiger charge is -2.34. The largest absolute Gasteiger partial charge is 0.486 e. The number of tetrazole rings is 1. The van der Waals surface area contributed by atoms with Crippen molar-refractivity contribution < 1.29 is 14.2 Å². The van der Waals surface area contributed by atoms with Crippen molar-refractivity contribution in [1.82, 2.24) is 30.1 Å². The molecule has 2 aromatic heterocycles. The summed E-state index contributed by atoms with van der Waals surface area (Å²) in [5, 5.41) is 13.8. The first-order valence-corrected chi connectivity index (χ1v) is 11.8. The molecule has 174 valence electrons. The van der Waals surface area contributed by atoms with Crippen molar-refractivity contribution >= 4 is 10.9 Å². The van der Waals surface area contributed by atoms with E-state index in [-0.39, 0.29) is 17.6 Å². The molecule has 0 spiro atoms. The van der Waals surface area contributed by atoms with Crippen LogP contribution < -0.4 is 15.0 Å². The molecule has 10 heteroatoms. The first kappa shape index (κ1) is 20.6. The number of hydrogen-bond donors (Lipinski definition) is 1. The third-order valence-corrected chi connectivity index (χ3v) is 6.92. The zero-order valence-corrected chi connectivity index (χ0v) is 18.5. The van der Waals surface area contributed by atoms with Gasteiger partial charge in [-0.3, -0.25) is 9.69 Å². The van der Waals surface area contributed by atoms with Crippen molar-refractivity contribution in [2.24, 2.45) is 0 Å². The highest BCUT2D eigenvalue weighted by Crippen LogP contribution is 2.36. The molecule has 1 saturated heterocycles. The minimum atomic E-state index is -0.354. The smallest absolute Gasteiger partial charge is 0.253 e. The number of pyridine rings is 1. The fourth-order valence-corrected chi connectivity index (χ4v) is 5.26. The number of benzene rings is 1. The number of aromatic amines is 1. The average molecular weight is 453 g/mol. The first-order chi connectivity index (χ1) is 16.3. The van der Waals surface area contributed by atoms with E-state index in [2.05, 4.69) is 25.4 Å². The summed E-state index contributed by atoms with van der Waals surface area (Å²) in [5.41, 5.74) is 1.21. The second-order valence-corrected chi connectivity index (χ2v) is 8.96. The van der Waals surface area contributed by atoms with Crippen LogP contribution in [0.5, 0.6) is 11.5 Å². The monoisotopic (exact) mass is 452 g/mol. The zero-order chi connectivity index (χ0) is 22.2. The van der Waals surface area contributed by atoms with Gasteiger partial charge >= 0.3 is 0 Å². The summed E-state index contributed by atoms with van der Waals surface area (Å²) in [5.74, 6) is 2.08. The molecule has 0 amide bonds. The van der Waals surface area contributed by atoms with Gasteiger partial charge in [0.2, 0.25) is 0 Å². The molecule has 6 rings (SSSR count). The molecule has 1 aromatic carbocycles. The van der Waals surface area contributed by atoms with Crippen LogP contribution in [0.15, 0.2) is 23.0 Å². The van der Waals surface area contributed by atoms with Crippen LogP contribution in [-0.2, 0) is 4.74 Å². The summed E-state index contributed by atoms with van der Waals surface area (Å²) >= 11 is 0. The molecular weight excluding hydrogens is 424 g/mol. The topological polar surface area (TPSA) is 107 Å². The van der Waals surface area contributed by atoms with Gasteiger partial charge in [0.15, 0.2) is 17.3 Å². The number of ether oxygens (including phenoxy) is 3. The molecule has 0 bridgehead atoms. The van der Waals surface area contributed by atoms with Crippen molar-refractivity contribution in [2.45, 2.75) is 44.2 Å². The van der Waals surface area contributed by atoms with E-state index in [0.717, 1.165) is 29.6 Å². The second kappa shape index (κ2) is 8.75. The minimum Gasteiger partial charge on any atom is -0.486 e. The molecule has 1 atom stereocenters. The van der Waals surface area contributed by atoms with Crippen molar-refractivity contribution in [1.29, 1.82) is 0 Å². The summed E-state index contributed by atoms with van der Waals surface area (Å²) in [6.45, 7) is 3.67. The number of rotatable bonds is 4. The van der Waals surface area contributed by atoms with E-state index in [1.165, 1.54) is 19.3 Å². The fourth-order valence-electron chi connectivity index (χ4n) is 5.26. The highest BCUT2D eigenvalue weighted by atomic mass is 16.6. The minimum absolute atomic E-state index is 0.145. The molecule has 3 aromatic rings. The predicted octanol–water partition coefficient (Wildman–Crippen LogP) is 2.21. The highest BCUT2D eigenvalue weighted by Gasteiger charge is 2.33. The maximum atomic E-state index is 13.4. The number of morpholine rings is 1.